The van der Waals surface area contributed by atoms with Crippen LogP contribution in [0.4, 0.5) is 0 Å². The number of nitrogens with zero attached hydrogens (tertiary/aromatic N) is 3. The van der Waals surface area contributed by atoms with E-state index in [-0.39, 0.29) is 5.88 Å². The van der Waals surface area contributed by atoms with Crippen molar-refractivity contribution in [2.24, 2.45) is 5.73 Å². The predicted octanol–water partition coefficient (Wildman–Crippen LogP) is 3.42. The highest BCUT2D eigenvalue weighted by Gasteiger charge is 2.37. The summed E-state index contributed by atoms with van der Waals surface area (Å²) in [6.07, 6.45) is 0. The van der Waals surface area contributed by atoms with E-state index in [0.29, 0.717) is 23.0 Å². The fourth-order valence-corrected chi connectivity index (χ4v) is 3.63. The Morgan fingerprint density at radius 3 is 2.55 bits per heavy atom. The number of nitriles is 1. The number of hydrogen-bond donors (Lipinski definition) is 1. The minimum Gasteiger partial charge on any atom is -0.497 e. The van der Waals surface area contributed by atoms with E-state index in [0.717, 1.165) is 22.5 Å². The Balaban J connectivity index is 1.97. The number of fused-ring (bicyclic) bond motifs is 1. The number of ether oxygens (including phenoxy) is 3. The summed E-state index contributed by atoms with van der Waals surface area (Å²) in [6.45, 7) is 1.89. The molecular formula is C22H20N4O3. The molecule has 2 N–H and O–H groups in total. The van der Waals surface area contributed by atoms with Crippen LogP contribution in [-0.4, -0.2) is 24.0 Å². The molecular weight excluding hydrogens is 368 g/mol. The molecule has 0 unspecified atom stereocenters. The van der Waals surface area contributed by atoms with Crippen molar-refractivity contribution in [3.8, 4) is 29.1 Å². The van der Waals surface area contributed by atoms with E-state index >= 15 is 0 Å². The second-order valence-corrected chi connectivity index (χ2v) is 6.58. The number of allylic oxidation sites excluding steroid dienone is 1. The number of aryl methyl sites for hydroxylation is 1. The van der Waals surface area contributed by atoms with Crippen molar-refractivity contribution in [3.63, 3.8) is 0 Å². The number of para-hydroxylation sites is 1. The van der Waals surface area contributed by atoms with E-state index in [1.54, 1.807) is 25.0 Å². The molecule has 0 bridgehead atoms. The molecule has 4 rings (SSSR count). The Bertz CT molecular complexity index is 1140. The van der Waals surface area contributed by atoms with Gasteiger partial charge < -0.3 is 19.9 Å². The lowest BCUT2D eigenvalue weighted by Crippen LogP contribution is -2.22. The predicted molar refractivity (Wildman–Crippen MR) is 107 cm³/mol. The molecule has 1 aliphatic rings. The zero-order valence-electron chi connectivity index (χ0n) is 16.3. The van der Waals surface area contributed by atoms with Crippen LogP contribution in [0.1, 0.15) is 22.7 Å². The normalized spacial score (nSPS) is 15.3. The maximum Gasteiger partial charge on any atom is 0.229 e. The van der Waals surface area contributed by atoms with Gasteiger partial charge in [-0.1, -0.05) is 24.3 Å². The van der Waals surface area contributed by atoms with Crippen molar-refractivity contribution >= 4 is 0 Å². The second-order valence-electron chi connectivity index (χ2n) is 6.58. The molecule has 0 saturated heterocycles. The van der Waals surface area contributed by atoms with Crippen molar-refractivity contribution in [1.29, 1.82) is 5.26 Å². The van der Waals surface area contributed by atoms with Gasteiger partial charge in [-0.3, -0.25) is 0 Å². The highest BCUT2D eigenvalue weighted by molar-refractivity contribution is 5.60. The lowest BCUT2D eigenvalue weighted by Gasteiger charge is -2.26. The molecule has 0 saturated carbocycles. The average molecular weight is 388 g/mol. The van der Waals surface area contributed by atoms with Crippen LogP contribution >= 0.6 is 0 Å². The average Bonchev–Trinajstić information content (AvgIpc) is 3.08. The van der Waals surface area contributed by atoms with Crippen LogP contribution in [0.25, 0.3) is 5.69 Å². The maximum atomic E-state index is 9.84. The molecule has 0 aliphatic carbocycles. The first-order chi connectivity index (χ1) is 14.1. The summed E-state index contributed by atoms with van der Waals surface area (Å²) < 4.78 is 18.5. The number of nitrogens with two attached hydrogens (primary N) is 1. The Labute approximate surface area is 168 Å². The fraction of sp³-hybridized carbons (Fsp3) is 0.182. The van der Waals surface area contributed by atoms with E-state index < -0.39 is 5.92 Å². The first-order valence-corrected chi connectivity index (χ1v) is 9.03. The van der Waals surface area contributed by atoms with E-state index in [1.165, 1.54) is 0 Å². The minimum atomic E-state index is -0.470. The van der Waals surface area contributed by atoms with Crippen molar-refractivity contribution in [2.45, 2.75) is 12.8 Å². The molecule has 0 amide bonds. The van der Waals surface area contributed by atoms with Crippen LogP contribution in [-0.2, 0) is 0 Å². The van der Waals surface area contributed by atoms with E-state index in [4.69, 9.17) is 19.9 Å². The van der Waals surface area contributed by atoms with Crippen molar-refractivity contribution in [3.05, 3.63) is 76.8 Å². The Morgan fingerprint density at radius 2 is 1.90 bits per heavy atom. The van der Waals surface area contributed by atoms with E-state index in [1.807, 2.05) is 49.4 Å². The van der Waals surface area contributed by atoms with Gasteiger partial charge in [0.2, 0.25) is 11.8 Å². The van der Waals surface area contributed by atoms with Gasteiger partial charge >= 0.3 is 0 Å². The highest BCUT2D eigenvalue weighted by Crippen LogP contribution is 2.47. The van der Waals surface area contributed by atoms with Gasteiger partial charge in [0.05, 0.1) is 37.1 Å². The third kappa shape index (κ3) is 2.95. The number of methoxy groups -OCH3 is 2. The molecule has 1 atom stereocenters. The minimum absolute atomic E-state index is 0.0555. The van der Waals surface area contributed by atoms with Crippen LogP contribution < -0.4 is 19.9 Å². The molecule has 1 aliphatic heterocycles. The largest absolute Gasteiger partial charge is 0.497 e. The molecule has 29 heavy (non-hydrogen) atoms. The third-order valence-electron chi connectivity index (χ3n) is 4.98. The molecule has 3 aromatic rings. The summed E-state index contributed by atoms with van der Waals surface area (Å²) in [5, 5.41) is 14.5. The zero-order valence-corrected chi connectivity index (χ0v) is 16.3. The molecule has 7 heteroatoms. The SMILES string of the molecule is COc1ccc([C@H]2C(C#N)=C(N)Oc3c2c(C)nn3-c2ccccc2)c(OC)c1. The van der Waals surface area contributed by atoms with Crippen LogP contribution in [0, 0.1) is 18.3 Å². The van der Waals surface area contributed by atoms with Gasteiger partial charge in [0, 0.05) is 11.6 Å². The molecule has 2 heterocycles. The van der Waals surface area contributed by atoms with Crippen LogP contribution in [0.15, 0.2) is 60.0 Å². The standard InChI is InChI=1S/C22H20N4O3/c1-13-19-20(16-10-9-15(27-2)11-18(16)28-3)17(12-23)21(24)29-22(19)26(25-13)14-7-5-4-6-8-14/h4-11,20H,24H2,1-3H3/t20-/m0/s1. The van der Waals surface area contributed by atoms with Gasteiger partial charge in [-0.25, -0.2) is 4.68 Å². The van der Waals surface area contributed by atoms with Gasteiger partial charge in [-0.15, -0.1) is 0 Å². The summed E-state index contributed by atoms with van der Waals surface area (Å²) in [6, 6.07) is 17.3. The molecule has 0 radical (unpaired) electrons. The van der Waals surface area contributed by atoms with E-state index in [9.17, 15) is 5.26 Å². The van der Waals surface area contributed by atoms with Crippen LogP contribution in [0.2, 0.25) is 0 Å². The van der Waals surface area contributed by atoms with Crippen LogP contribution in [0.3, 0.4) is 0 Å². The summed E-state index contributed by atoms with van der Waals surface area (Å²) in [5.74, 6) is 1.33. The fourth-order valence-electron chi connectivity index (χ4n) is 3.63. The lowest BCUT2D eigenvalue weighted by molar-refractivity contribution is 0.363. The summed E-state index contributed by atoms with van der Waals surface area (Å²) in [4.78, 5) is 0. The molecule has 7 nitrogen and oxygen atoms in total. The van der Waals surface area contributed by atoms with E-state index in [2.05, 4.69) is 11.2 Å². The maximum absolute atomic E-state index is 9.84. The number of benzene rings is 2. The van der Waals surface area contributed by atoms with Crippen molar-refractivity contribution in [1.82, 2.24) is 9.78 Å². The highest BCUT2D eigenvalue weighted by atomic mass is 16.5. The molecule has 0 fully saturated rings. The third-order valence-corrected chi connectivity index (χ3v) is 4.98. The van der Waals surface area contributed by atoms with Gasteiger partial charge in [-0.05, 0) is 25.1 Å². The Morgan fingerprint density at radius 1 is 1.14 bits per heavy atom. The molecule has 2 aromatic carbocycles. The number of aromatic nitrogens is 2. The van der Waals surface area contributed by atoms with Gasteiger partial charge in [0.25, 0.3) is 0 Å². The van der Waals surface area contributed by atoms with Crippen molar-refractivity contribution in [2.75, 3.05) is 14.2 Å². The number of hydrogen-bond acceptors (Lipinski definition) is 6. The summed E-state index contributed by atoms with van der Waals surface area (Å²) in [7, 11) is 3.17. The second kappa shape index (κ2) is 7.24. The monoisotopic (exact) mass is 388 g/mol. The van der Waals surface area contributed by atoms with Crippen molar-refractivity contribution < 1.29 is 14.2 Å². The smallest absolute Gasteiger partial charge is 0.229 e. The zero-order chi connectivity index (χ0) is 20.5. The molecule has 146 valence electrons. The number of rotatable bonds is 4. The topological polar surface area (TPSA) is 95.3 Å². The van der Waals surface area contributed by atoms with Crippen LogP contribution in [0.5, 0.6) is 17.4 Å². The quantitative estimate of drug-likeness (QED) is 0.736. The lowest BCUT2D eigenvalue weighted by atomic mass is 9.83. The Hall–Kier alpha value is -3.92. The first kappa shape index (κ1) is 18.4. The summed E-state index contributed by atoms with van der Waals surface area (Å²) in [5.41, 5.74) is 9.63. The van der Waals surface area contributed by atoms with Gasteiger partial charge in [-0.2, -0.15) is 10.4 Å². The molecule has 0 spiro atoms. The Kier molecular flexibility index (Phi) is 4.61. The summed E-state index contributed by atoms with van der Waals surface area (Å²) >= 11 is 0. The molecule has 1 aromatic heterocycles. The first-order valence-electron chi connectivity index (χ1n) is 9.03. The van der Waals surface area contributed by atoms with Gasteiger partial charge in [0.15, 0.2) is 0 Å². The van der Waals surface area contributed by atoms with Gasteiger partial charge in [0.1, 0.15) is 23.1 Å².